The number of hydrogen-bond acceptors (Lipinski definition) is 2. The molecular formula is C20H21BF3N3O. The second kappa shape index (κ2) is 6.69. The normalized spacial score (nSPS) is 22.9. The van der Waals surface area contributed by atoms with E-state index in [0.717, 1.165) is 11.8 Å². The molecule has 146 valence electrons. The van der Waals surface area contributed by atoms with Crippen LogP contribution in [0.25, 0.3) is 0 Å². The minimum atomic E-state index is -3.00. The highest BCUT2D eigenvalue weighted by Crippen LogP contribution is 2.42. The van der Waals surface area contributed by atoms with E-state index in [1.54, 1.807) is 33.0 Å². The van der Waals surface area contributed by atoms with Crippen LogP contribution in [-0.2, 0) is 16.3 Å². The first-order valence-corrected chi connectivity index (χ1v) is 8.85. The predicted octanol–water partition coefficient (Wildman–Crippen LogP) is 2.19. The van der Waals surface area contributed by atoms with Gasteiger partial charge < -0.3 is 5.32 Å². The number of nitrogens with one attached hydrogen (secondary N) is 2. The van der Waals surface area contributed by atoms with Gasteiger partial charge in [0.2, 0.25) is 5.91 Å². The Kier molecular flexibility index (Phi) is 4.77. The molecule has 3 rings (SSSR count). The van der Waals surface area contributed by atoms with Gasteiger partial charge in [-0.3, -0.25) is 15.1 Å². The van der Waals surface area contributed by atoms with Crippen molar-refractivity contribution < 1.29 is 18.0 Å². The molecule has 0 unspecified atom stereocenters. The number of amides is 1. The van der Waals surface area contributed by atoms with Crippen molar-refractivity contribution >= 4 is 25.2 Å². The Balaban J connectivity index is 2.17. The molecule has 1 fully saturated rings. The fraction of sp³-hybridized carbons (Fsp3) is 0.300. The van der Waals surface area contributed by atoms with Crippen LogP contribution in [0.1, 0.15) is 36.5 Å². The number of halogens is 3. The molecule has 1 amide bonds. The smallest absolute Gasteiger partial charge is 0.270 e. The van der Waals surface area contributed by atoms with E-state index in [2.05, 4.69) is 5.32 Å². The van der Waals surface area contributed by atoms with E-state index < -0.39 is 29.1 Å². The van der Waals surface area contributed by atoms with Crippen molar-refractivity contribution in [1.29, 1.82) is 5.41 Å². The monoisotopic (exact) mass is 387 g/mol. The van der Waals surface area contributed by atoms with Crippen LogP contribution >= 0.6 is 0 Å². The molecule has 28 heavy (non-hydrogen) atoms. The molecule has 0 radical (unpaired) electrons. The molecule has 2 aromatic rings. The van der Waals surface area contributed by atoms with Crippen molar-refractivity contribution in [2.24, 2.45) is 0 Å². The van der Waals surface area contributed by atoms with E-state index in [4.69, 9.17) is 5.41 Å². The maximum absolute atomic E-state index is 15.0. The van der Waals surface area contributed by atoms with Crippen LogP contribution in [0, 0.1) is 11.2 Å². The van der Waals surface area contributed by atoms with Crippen LogP contribution in [0.2, 0.25) is 0 Å². The van der Waals surface area contributed by atoms with Crippen molar-refractivity contribution in [3.63, 3.8) is 0 Å². The van der Waals surface area contributed by atoms with Crippen molar-refractivity contribution in [3.05, 3.63) is 65.0 Å². The lowest BCUT2D eigenvalue weighted by Crippen LogP contribution is -2.63. The SMILES string of the molecule is Bc1cccc([C@@]2(C)NC(=N)N(C)C(=O)[C@H]2c2ccc(C(C)(F)F)cc2)c1F. The Bertz CT molecular complexity index is 943. The third-order valence-electron chi connectivity index (χ3n) is 5.37. The standard InChI is InChI=1S/C20H21BF3N3O/c1-19(13-5-4-6-14(21)16(13)22)15(17(28)27(3)18(25)26-19)11-7-9-12(10-8-11)20(2,23)24/h4-10,15H,21H2,1-3H3,(H2,25,26)/t15-,19-/m1/s1. The summed E-state index contributed by atoms with van der Waals surface area (Å²) < 4.78 is 42.1. The number of likely N-dealkylation sites (N-methyl/N-ethyl adjacent to an activating group) is 1. The average molecular weight is 387 g/mol. The Hall–Kier alpha value is -2.77. The molecule has 2 atom stereocenters. The van der Waals surface area contributed by atoms with Gasteiger partial charge in [-0.2, -0.15) is 0 Å². The van der Waals surface area contributed by atoms with Gasteiger partial charge in [0.15, 0.2) is 5.96 Å². The number of benzene rings is 2. The van der Waals surface area contributed by atoms with Gasteiger partial charge in [-0.25, -0.2) is 13.2 Å². The highest BCUT2D eigenvalue weighted by molar-refractivity contribution is 6.32. The van der Waals surface area contributed by atoms with Gasteiger partial charge in [-0.15, -0.1) is 0 Å². The molecule has 2 aromatic carbocycles. The van der Waals surface area contributed by atoms with Crippen molar-refractivity contribution in [1.82, 2.24) is 10.2 Å². The third kappa shape index (κ3) is 3.17. The number of nitrogens with zero attached hydrogens (tertiary/aromatic N) is 1. The van der Waals surface area contributed by atoms with E-state index in [9.17, 15) is 18.0 Å². The summed E-state index contributed by atoms with van der Waals surface area (Å²) in [6.45, 7) is 2.45. The van der Waals surface area contributed by atoms with Crippen LogP contribution in [-0.4, -0.2) is 31.7 Å². The summed E-state index contributed by atoms with van der Waals surface area (Å²) in [7, 11) is 3.07. The van der Waals surface area contributed by atoms with Gasteiger partial charge in [0, 0.05) is 25.1 Å². The maximum atomic E-state index is 15.0. The van der Waals surface area contributed by atoms with E-state index in [0.29, 0.717) is 11.0 Å². The minimum Gasteiger partial charge on any atom is -0.346 e. The summed E-state index contributed by atoms with van der Waals surface area (Å²) >= 11 is 0. The van der Waals surface area contributed by atoms with Crippen LogP contribution in [0.5, 0.6) is 0 Å². The number of alkyl halides is 2. The largest absolute Gasteiger partial charge is 0.346 e. The molecule has 1 heterocycles. The van der Waals surface area contributed by atoms with E-state index in [1.165, 1.54) is 31.3 Å². The molecule has 0 spiro atoms. The first kappa shape index (κ1) is 20.0. The fourth-order valence-electron chi connectivity index (χ4n) is 3.67. The molecule has 0 saturated carbocycles. The number of rotatable bonds is 3. The summed E-state index contributed by atoms with van der Waals surface area (Å²) in [6, 6.07) is 10.4. The molecular weight excluding hydrogens is 366 g/mol. The average Bonchev–Trinajstić information content (AvgIpc) is 2.62. The third-order valence-corrected chi connectivity index (χ3v) is 5.37. The van der Waals surface area contributed by atoms with Gasteiger partial charge >= 0.3 is 0 Å². The first-order chi connectivity index (χ1) is 13.0. The van der Waals surface area contributed by atoms with Gasteiger partial charge in [0.05, 0.1) is 11.5 Å². The predicted molar refractivity (Wildman–Crippen MR) is 104 cm³/mol. The van der Waals surface area contributed by atoms with Crippen molar-refractivity contribution in [2.75, 3.05) is 7.05 Å². The van der Waals surface area contributed by atoms with E-state index in [1.807, 2.05) is 0 Å². The molecule has 8 heteroatoms. The zero-order chi connectivity index (χ0) is 20.9. The molecule has 4 nitrogen and oxygen atoms in total. The Morgan fingerprint density at radius 3 is 2.39 bits per heavy atom. The van der Waals surface area contributed by atoms with E-state index >= 15 is 0 Å². The zero-order valence-corrected chi connectivity index (χ0v) is 16.1. The number of carbonyl (C=O) groups is 1. The molecule has 0 bridgehead atoms. The first-order valence-electron chi connectivity index (χ1n) is 8.85. The summed E-state index contributed by atoms with van der Waals surface area (Å²) in [5.41, 5.74) is -0.301. The summed E-state index contributed by atoms with van der Waals surface area (Å²) in [4.78, 5) is 14.2. The summed E-state index contributed by atoms with van der Waals surface area (Å²) in [5.74, 6) is -4.94. The van der Waals surface area contributed by atoms with Gasteiger partial charge in [0.1, 0.15) is 13.7 Å². The lowest BCUT2D eigenvalue weighted by atomic mass is 9.72. The number of hydrogen-bond donors (Lipinski definition) is 2. The molecule has 1 saturated heterocycles. The van der Waals surface area contributed by atoms with Crippen LogP contribution < -0.4 is 10.8 Å². The zero-order valence-electron chi connectivity index (χ0n) is 16.1. The highest BCUT2D eigenvalue weighted by Gasteiger charge is 2.49. The van der Waals surface area contributed by atoms with Crippen LogP contribution in [0.3, 0.4) is 0 Å². The molecule has 2 N–H and O–H groups in total. The highest BCUT2D eigenvalue weighted by atomic mass is 19.3. The maximum Gasteiger partial charge on any atom is 0.270 e. The molecule has 1 aliphatic heterocycles. The lowest BCUT2D eigenvalue weighted by molar-refractivity contribution is -0.131. The quantitative estimate of drug-likeness (QED) is 0.794. The van der Waals surface area contributed by atoms with Crippen molar-refractivity contribution in [3.8, 4) is 0 Å². The topological polar surface area (TPSA) is 56.2 Å². The Morgan fingerprint density at radius 1 is 1.21 bits per heavy atom. The fourth-order valence-corrected chi connectivity index (χ4v) is 3.67. The summed E-state index contributed by atoms with van der Waals surface area (Å²) in [6.07, 6.45) is 0. The second-order valence-electron chi connectivity index (χ2n) is 7.45. The number of carbonyl (C=O) groups excluding carboxylic acids is 1. The minimum absolute atomic E-state index is 0.152. The lowest BCUT2D eigenvalue weighted by Gasteiger charge is -2.46. The second-order valence-corrected chi connectivity index (χ2v) is 7.45. The van der Waals surface area contributed by atoms with Gasteiger partial charge in [0.25, 0.3) is 5.92 Å². The molecule has 1 aliphatic rings. The molecule has 0 aliphatic carbocycles. The van der Waals surface area contributed by atoms with Gasteiger partial charge in [-0.1, -0.05) is 47.9 Å². The van der Waals surface area contributed by atoms with Crippen molar-refractivity contribution in [2.45, 2.75) is 31.2 Å². The van der Waals surface area contributed by atoms with E-state index in [-0.39, 0.29) is 17.1 Å². The molecule has 0 aromatic heterocycles. The van der Waals surface area contributed by atoms with Crippen LogP contribution in [0.4, 0.5) is 13.2 Å². The number of guanidine groups is 1. The Labute approximate surface area is 162 Å². The Morgan fingerprint density at radius 2 is 1.82 bits per heavy atom. The van der Waals surface area contributed by atoms with Gasteiger partial charge in [-0.05, 0) is 12.5 Å². The summed E-state index contributed by atoms with van der Waals surface area (Å²) in [5, 5.41) is 11.0. The van der Waals surface area contributed by atoms with Crippen LogP contribution in [0.15, 0.2) is 42.5 Å².